The third-order valence-corrected chi connectivity index (χ3v) is 7.05. The zero-order chi connectivity index (χ0) is 22.0. The third kappa shape index (κ3) is 9.43. The molecule has 166 valence electrons. The molecule has 3 unspecified atom stereocenters. The molecule has 0 aromatic rings. The second-order valence-electron chi connectivity index (χ2n) is 7.90. The maximum atomic E-state index is 12.3. The largest absolute Gasteiger partial charge is 2.00 e. The number of hydrogen-bond donors (Lipinski definition) is 1. The topological polar surface area (TPSA) is 135 Å². The van der Waals surface area contributed by atoms with Gasteiger partial charge < -0.3 is 19.8 Å². The van der Waals surface area contributed by atoms with Crippen molar-refractivity contribution in [1.82, 2.24) is 0 Å². The summed E-state index contributed by atoms with van der Waals surface area (Å²) in [5.41, 5.74) is -2.23. The van der Waals surface area contributed by atoms with Crippen LogP contribution in [0.25, 0.3) is 0 Å². The van der Waals surface area contributed by atoms with E-state index in [4.69, 9.17) is 0 Å². The molecule has 0 saturated carbocycles. The van der Waals surface area contributed by atoms with E-state index in [-0.39, 0.29) is 44.2 Å². The predicted octanol–water partition coefficient (Wildman–Crippen LogP) is 1.94. The van der Waals surface area contributed by atoms with E-state index in [9.17, 15) is 32.8 Å². The molecule has 0 rings (SSSR count). The smallest absolute Gasteiger partial charge is 0.549 e. The van der Waals surface area contributed by atoms with Gasteiger partial charge in [-0.05, 0) is 24.7 Å². The molecule has 1 N–H and O–H groups in total. The summed E-state index contributed by atoms with van der Waals surface area (Å²) in [6.45, 7) is 7.68. The Kier molecular flexibility index (Phi) is 15.3. The van der Waals surface area contributed by atoms with E-state index in [2.05, 4.69) is 0 Å². The van der Waals surface area contributed by atoms with Crippen LogP contribution in [-0.2, 0) is 39.2 Å². The first kappa shape index (κ1) is 30.7. The summed E-state index contributed by atoms with van der Waals surface area (Å²) in [7, 11) is -5.20. The molecule has 0 spiro atoms. The summed E-state index contributed by atoms with van der Waals surface area (Å²) in [5, 5.41) is 21.5. The summed E-state index contributed by atoms with van der Waals surface area (Å²) < 4.78 is 33.5. The van der Waals surface area contributed by atoms with E-state index in [1.54, 1.807) is 0 Å². The minimum atomic E-state index is -5.20. The van der Waals surface area contributed by atoms with Gasteiger partial charge in [0.2, 0.25) is 0 Å². The minimum Gasteiger partial charge on any atom is -0.549 e. The van der Waals surface area contributed by atoms with E-state index in [1.807, 2.05) is 27.7 Å². The summed E-state index contributed by atoms with van der Waals surface area (Å²) >= 11 is 0. The first-order chi connectivity index (χ1) is 13.0. The summed E-state index contributed by atoms with van der Waals surface area (Å²) in [4.78, 5) is 24.0. The van der Waals surface area contributed by atoms with Crippen LogP contribution in [0.1, 0.15) is 91.9 Å². The Hall–Kier alpha value is -0.527. The zero-order valence-corrected chi connectivity index (χ0v) is 22.1. The Bertz CT molecular complexity index is 574. The fraction of sp³-hybridized carbons (Fsp3) is 0.900. The fourth-order valence-corrected chi connectivity index (χ4v) is 5.22. The predicted molar refractivity (Wildman–Crippen MR) is 104 cm³/mol. The van der Waals surface area contributed by atoms with Crippen LogP contribution in [0.15, 0.2) is 0 Å². The van der Waals surface area contributed by atoms with Crippen molar-refractivity contribution in [2.24, 2.45) is 17.3 Å². The van der Waals surface area contributed by atoms with Crippen molar-refractivity contribution >= 4 is 22.1 Å². The summed E-state index contributed by atoms with van der Waals surface area (Å²) in [6, 6.07) is 0. The van der Waals surface area contributed by atoms with Crippen molar-refractivity contribution in [1.29, 1.82) is 0 Å². The molecule has 0 aliphatic carbocycles. The van der Waals surface area contributed by atoms with Crippen LogP contribution in [0, 0.1) is 17.3 Å². The van der Waals surface area contributed by atoms with Crippen molar-refractivity contribution in [2.75, 3.05) is 0 Å². The normalized spacial score (nSPS) is 16.9. The molecule has 29 heavy (non-hydrogen) atoms. The van der Waals surface area contributed by atoms with Gasteiger partial charge in [-0.1, -0.05) is 79.1 Å². The Balaban J connectivity index is 0. The van der Waals surface area contributed by atoms with Gasteiger partial charge in [0.15, 0.2) is 0 Å². The molecule has 0 aliphatic heterocycles. The Morgan fingerprint density at radius 2 is 1.28 bits per heavy atom. The first-order valence-electron chi connectivity index (χ1n) is 10.4. The van der Waals surface area contributed by atoms with Crippen molar-refractivity contribution in [3.63, 3.8) is 0 Å². The average molecular weight is 486 g/mol. The van der Waals surface area contributed by atoms with Crippen molar-refractivity contribution in [3.05, 3.63) is 0 Å². The molecular weight excluding hydrogens is 450 g/mol. The van der Waals surface area contributed by atoms with Crippen LogP contribution < -0.4 is 10.2 Å². The van der Waals surface area contributed by atoms with Crippen LogP contribution in [0.3, 0.4) is 0 Å². The van der Waals surface area contributed by atoms with Crippen molar-refractivity contribution < 1.29 is 52.3 Å². The SMILES string of the molecule is CCCCC(CC)CC(CC(CC)CCCC)(C(=O)[O-])C(C(=O)[O-])S(=O)(=O)O.[Zn+2]. The van der Waals surface area contributed by atoms with E-state index >= 15 is 0 Å². The second kappa shape index (κ2) is 14.5. The number of carbonyl (C=O) groups excluding carboxylic acids is 2. The van der Waals surface area contributed by atoms with Gasteiger partial charge in [-0.25, -0.2) is 0 Å². The van der Waals surface area contributed by atoms with E-state index in [1.165, 1.54) is 0 Å². The second-order valence-corrected chi connectivity index (χ2v) is 9.40. The molecule has 9 heteroatoms. The van der Waals surface area contributed by atoms with E-state index in [0.29, 0.717) is 25.7 Å². The van der Waals surface area contributed by atoms with Gasteiger partial charge in [0.25, 0.3) is 10.1 Å². The minimum absolute atomic E-state index is 0. The number of carboxylic acid groups (broad SMARTS) is 2. The molecule has 0 bridgehead atoms. The zero-order valence-electron chi connectivity index (χ0n) is 18.3. The molecule has 0 fully saturated rings. The van der Waals surface area contributed by atoms with Crippen molar-refractivity contribution in [3.8, 4) is 0 Å². The van der Waals surface area contributed by atoms with Crippen LogP contribution in [0.5, 0.6) is 0 Å². The quantitative estimate of drug-likeness (QED) is 0.260. The fourth-order valence-electron chi connectivity index (χ4n) is 4.12. The average Bonchev–Trinajstić information content (AvgIpc) is 2.59. The molecule has 0 aromatic heterocycles. The molecule has 3 atom stereocenters. The maximum Gasteiger partial charge on any atom is 2.00 e. The molecule has 0 radical (unpaired) electrons. The Morgan fingerprint density at radius 1 is 0.897 bits per heavy atom. The number of carbonyl (C=O) groups is 2. The van der Waals surface area contributed by atoms with Gasteiger partial charge in [0.05, 0.1) is 5.97 Å². The molecular formula is C20H36O7SZn. The van der Waals surface area contributed by atoms with Crippen LogP contribution in [0.2, 0.25) is 0 Å². The number of hydrogen-bond acceptors (Lipinski definition) is 6. The van der Waals surface area contributed by atoms with Gasteiger partial charge >= 0.3 is 19.5 Å². The van der Waals surface area contributed by atoms with Crippen LogP contribution in [0.4, 0.5) is 0 Å². The molecule has 7 nitrogen and oxygen atoms in total. The number of rotatable bonds is 16. The number of aliphatic carboxylic acids is 2. The van der Waals surface area contributed by atoms with Gasteiger partial charge in [-0.15, -0.1) is 0 Å². The van der Waals surface area contributed by atoms with Gasteiger partial charge in [0, 0.05) is 11.4 Å². The molecule has 0 aliphatic rings. The van der Waals surface area contributed by atoms with Crippen molar-refractivity contribution in [2.45, 2.75) is 97.2 Å². The molecule has 0 amide bonds. The molecule has 0 aromatic carbocycles. The van der Waals surface area contributed by atoms with Crippen LogP contribution in [-0.4, -0.2) is 30.2 Å². The van der Waals surface area contributed by atoms with Gasteiger partial charge in [-0.3, -0.25) is 4.55 Å². The number of carboxylic acids is 2. The number of unbranched alkanes of at least 4 members (excludes halogenated alkanes) is 2. The Morgan fingerprint density at radius 3 is 1.48 bits per heavy atom. The monoisotopic (exact) mass is 484 g/mol. The third-order valence-electron chi connectivity index (χ3n) is 5.81. The summed E-state index contributed by atoms with van der Waals surface area (Å²) in [5.74, 6) is -4.22. The first-order valence-corrected chi connectivity index (χ1v) is 11.9. The van der Waals surface area contributed by atoms with E-state index in [0.717, 1.165) is 25.7 Å². The maximum absolute atomic E-state index is 12.3. The molecule has 0 saturated heterocycles. The summed E-state index contributed by atoms with van der Waals surface area (Å²) in [6.07, 6.45) is 5.50. The molecule has 0 heterocycles. The van der Waals surface area contributed by atoms with Gasteiger partial charge in [0.1, 0.15) is 5.25 Å². The Labute approximate surface area is 188 Å². The van der Waals surface area contributed by atoms with Gasteiger partial charge in [-0.2, -0.15) is 8.42 Å². The van der Waals surface area contributed by atoms with E-state index < -0.39 is 32.7 Å². The standard InChI is InChI=1S/C20H38O7S.Zn/c1-5-9-11-15(7-3)13-20(19(23)24,14-16(8-4)12-10-6-2)17(18(21)22)28(25,26)27;/h15-17H,5-14H2,1-4H3,(H,21,22)(H,23,24)(H,25,26,27);/q;+2/p-2. The van der Waals surface area contributed by atoms with Crippen LogP contribution >= 0.6 is 0 Å².